The Morgan fingerprint density at radius 2 is 1.37 bits per heavy atom. The Morgan fingerprint density at radius 3 is 1.93 bits per heavy atom. The molecule has 0 aliphatic rings. The van der Waals surface area contributed by atoms with Crippen LogP contribution in [0.15, 0.2) is 95.6 Å². The molecule has 0 heterocycles. The van der Waals surface area contributed by atoms with Gasteiger partial charge in [-0.15, -0.1) is 0 Å². The van der Waals surface area contributed by atoms with Gasteiger partial charge in [0, 0.05) is 26.1 Å². The Balaban J connectivity index is 1.45. The molecular weight excluding hydrogens is 552 g/mol. The van der Waals surface area contributed by atoms with Crippen molar-refractivity contribution >= 4 is 28.7 Å². The number of aliphatic hydroxyl groups excluding tert-OH is 1. The maximum Gasteiger partial charge on any atom is 0.286 e. The van der Waals surface area contributed by atoms with Crippen LogP contribution in [-0.2, 0) is 38.5 Å². The van der Waals surface area contributed by atoms with Gasteiger partial charge in [-0.2, -0.15) is 0 Å². The summed E-state index contributed by atoms with van der Waals surface area (Å²) in [6.07, 6.45) is 2.60. The van der Waals surface area contributed by atoms with Crippen molar-refractivity contribution in [3.8, 4) is 0 Å². The molecule has 0 saturated heterocycles. The third-order valence-electron chi connectivity index (χ3n) is 5.91. The zero-order valence-corrected chi connectivity index (χ0v) is 23.0. The van der Waals surface area contributed by atoms with Gasteiger partial charge >= 0.3 is 0 Å². The number of nitrogens with one attached hydrogen (secondary N) is 2. The van der Waals surface area contributed by atoms with E-state index in [0.29, 0.717) is 35.3 Å². The summed E-state index contributed by atoms with van der Waals surface area (Å²) in [7, 11) is -1.62. The predicted molar refractivity (Wildman–Crippen MR) is 150 cm³/mol. The second-order valence-corrected chi connectivity index (χ2v) is 10.4. The zero-order valence-electron chi connectivity index (χ0n) is 22.2. The Bertz CT molecular complexity index is 1320. The summed E-state index contributed by atoms with van der Waals surface area (Å²) in [5.41, 5.74) is 1.25. The van der Waals surface area contributed by atoms with E-state index in [9.17, 15) is 32.5 Å². The van der Waals surface area contributed by atoms with Crippen LogP contribution in [0.1, 0.15) is 36.8 Å². The number of hydrogen-bond acceptors (Lipinski definition) is 5. The number of carbonyl (C=O) groups excluding carboxylic acids is 3. The highest BCUT2D eigenvalue weighted by molar-refractivity contribution is 7.83. The van der Waals surface area contributed by atoms with E-state index in [1.807, 2.05) is 0 Å². The van der Waals surface area contributed by atoms with Crippen LogP contribution in [-0.4, -0.2) is 38.5 Å². The van der Waals surface area contributed by atoms with E-state index in [2.05, 4.69) is 10.0 Å². The van der Waals surface area contributed by atoms with Gasteiger partial charge in [0.2, 0.25) is 5.91 Å². The van der Waals surface area contributed by atoms with Gasteiger partial charge in [0.1, 0.15) is 11.6 Å². The van der Waals surface area contributed by atoms with Crippen LogP contribution in [0, 0.1) is 11.6 Å². The average molecular weight is 584 g/mol. The fourth-order valence-corrected chi connectivity index (χ4v) is 4.57. The van der Waals surface area contributed by atoms with Crippen molar-refractivity contribution in [1.29, 1.82) is 0 Å². The van der Waals surface area contributed by atoms with Crippen LogP contribution in [0.5, 0.6) is 0 Å². The molecule has 0 fully saturated rings. The Morgan fingerprint density at radius 1 is 0.805 bits per heavy atom. The van der Waals surface area contributed by atoms with Crippen molar-refractivity contribution in [2.75, 3.05) is 6.54 Å². The number of amides is 3. The molecule has 0 aliphatic carbocycles. The second kappa shape index (κ2) is 16.0. The molecule has 216 valence electrons. The number of aliphatic hydroxyl groups is 1. The Labute approximate surface area is 239 Å². The van der Waals surface area contributed by atoms with Gasteiger partial charge in [-0.1, -0.05) is 48.9 Å². The summed E-state index contributed by atoms with van der Waals surface area (Å²) in [4.78, 5) is 39.1. The van der Waals surface area contributed by atoms with E-state index in [-0.39, 0.29) is 32.0 Å². The smallest absolute Gasteiger partial charge is 0.286 e. The molecule has 1 atom stereocenters. The number of halogens is 2. The van der Waals surface area contributed by atoms with Crippen LogP contribution in [0.4, 0.5) is 8.78 Å². The second-order valence-electron chi connectivity index (χ2n) is 9.15. The molecule has 0 aliphatic heterocycles. The van der Waals surface area contributed by atoms with E-state index in [1.165, 1.54) is 53.4 Å². The van der Waals surface area contributed by atoms with Crippen molar-refractivity contribution in [1.82, 2.24) is 14.9 Å². The molecular formula is C30H31F2N3O5S. The quantitative estimate of drug-likeness (QED) is 0.147. The highest BCUT2D eigenvalue weighted by atomic mass is 32.2. The standard InChI is InChI=1S/C30H31F2N3O5S/c31-24-14-10-22(11-15-24)20-35(21-23-12-16-25(32)17-13-23)29(38)19-27(36)30(39)33-18-6-2-5-9-28(37)34-41(40)26-7-3-1-4-8-26/h1,3-4,7-8,10-17,19,36H,2,5-6,9,18,20-21H2,(H,33,39)(H,34,37)/b27-19-. The first-order chi connectivity index (χ1) is 19.7. The highest BCUT2D eigenvalue weighted by Gasteiger charge is 2.17. The third-order valence-corrected chi connectivity index (χ3v) is 7.02. The normalized spacial score (nSPS) is 11.9. The van der Waals surface area contributed by atoms with E-state index < -0.39 is 40.2 Å². The van der Waals surface area contributed by atoms with Gasteiger partial charge < -0.3 is 15.3 Å². The molecule has 3 aromatic carbocycles. The molecule has 11 heteroatoms. The molecule has 0 radical (unpaired) electrons. The molecule has 0 spiro atoms. The number of benzene rings is 3. The van der Waals surface area contributed by atoms with Gasteiger partial charge in [0.25, 0.3) is 11.8 Å². The fraction of sp³-hybridized carbons (Fsp3) is 0.233. The van der Waals surface area contributed by atoms with Crippen LogP contribution in [0.2, 0.25) is 0 Å². The molecule has 3 N–H and O–H groups in total. The molecule has 0 bridgehead atoms. The van der Waals surface area contributed by atoms with Crippen LogP contribution in [0.3, 0.4) is 0 Å². The molecule has 8 nitrogen and oxygen atoms in total. The lowest BCUT2D eigenvalue weighted by Gasteiger charge is -2.22. The Hall–Kier alpha value is -4.38. The molecule has 0 saturated carbocycles. The molecule has 0 aromatic heterocycles. The minimum Gasteiger partial charge on any atom is -0.503 e. The summed E-state index contributed by atoms with van der Waals surface area (Å²) in [6.45, 7) is 0.333. The number of nitrogens with zero attached hydrogens (tertiary/aromatic N) is 1. The summed E-state index contributed by atoms with van der Waals surface area (Å²) in [5.74, 6) is -3.48. The number of unbranched alkanes of at least 4 members (excludes halogenated alkanes) is 2. The van der Waals surface area contributed by atoms with Gasteiger partial charge in [0.15, 0.2) is 16.7 Å². The summed E-state index contributed by atoms with van der Waals surface area (Å²) in [5, 5.41) is 12.7. The lowest BCUT2D eigenvalue weighted by Crippen LogP contribution is -2.31. The minimum absolute atomic E-state index is 0.0639. The first-order valence-electron chi connectivity index (χ1n) is 12.9. The largest absolute Gasteiger partial charge is 0.503 e. The van der Waals surface area contributed by atoms with Gasteiger partial charge in [-0.3, -0.25) is 19.1 Å². The van der Waals surface area contributed by atoms with Crippen molar-refractivity contribution in [2.24, 2.45) is 0 Å². The fourth-order valence-electron chi connectivity index (χ4n) is 3.74. The van der Waals surface area contributed by atoms with E-state index >= 15 is 0 Å². The van der Waals surface area contributed by atoms with Crippen molar-refractivity contribution in [3.05, 3.63) is 113 Å². The predicted octanol–water partition coefficient (Wildman–Crippen LogP) is 4.45. The van der Waals surface area contributed by atoms with Crippen LogP contribution >= 0.6 is 0 Å². The zero-order chi connectivity index (χ0) is 29.6. The molecule has 3 rings (SSSR count). The van der Waals surface area contributed by atoms with Crippen molar-refractivity contribution in [2.45, 2.75) is 43.7 Å². The topological polar surface area (TPSA) is 116 Å². The Kier molecular flexibility index (Phi) is 12.2. The third kappa shape index (κ3) is 11.0. The SMILES string of the molecule is O=C(CCCCCNC(=O)/C(O)=C/C(=O)N(Cc1ccc(F)cc1)Cc1ccc(F)cc1)NS(=O)c1ccccc1. The van der Waals surface area contributed by atoms with Crippen molar-refractivity contribution < 1.29 is 32.5 Å². The molecule has 3 aromatic rings. The lowest BCUT2D eigenvalue weighted by molar-refractivity contribution is -0.128. The van der Waals surface area contributed by atoms with Crippen LogP contribution < -0.4 is 10.0 Å². The first kappa shape index (κ1) is 31.2. The van der Waals surface area contributed by atoms with Gasteiger partial charge in [0.05, 0.1) is 11.0 Å². The van der Waals surface area contributed by atoms with Gasteiger partial charge in [-0.25, -0.2) is 13.0 Å². The number of carbonyl (C=O) groups is 3. The maximum atomic E-state index is 13.3. The summed E-state index contributed by atoms with van der Waals surface area (Å²) >= 11 is 0. The summed E-state index contributed by atoms with van der Waals surface area (Å²) < 4.78 is 41.2. The highest BCUT2D eigenvalue weighted by Crippen LogP contribution is 2.13. The van der Waals surface area contributed by atoms with E-state index in [0.717, 1.165) is 6.08 Å². The summed E-state index contributed by atoms with van der Waals surface area (Å²) in [6, 6.07) is 19.7. The number of hydrogen-bond donors (Lipinski definition) is 3. The molecule has 41 heavy (non-hydrogen) atoms. The first-order valence-corrected chi connectivity index (χ1v) is 14.1. The van der Waals surface area contributed by atoms with E-state index in [4.69, 9.17) is 0 Å². The lowest BCUT2D eigenvalue weighted by atomic mass is 10.1. The van der Waals surface area contributed by atoms with Crippen LogP contribution in [0.25, 0.3) is 0 Å². The molecule has 3 amide bonds. The average Bonchev–Trinajstić information content (AvgIpc) is 2.97. The number of rotatable bonds is 14. The molecule has 1 unspecified atom stereocenters. The van der Waals surface area contributed by atoms with Crippen molar-refractivity contribution in [3.63, 3.8) is 0 Å². The monoisotopic (exact) mass is 583 g/mol. The minimum atomic E-state index is -1.62. The maximum absolute atomic E-state index is 13.3. The van der Waals surface area contributed by atoms with Gasteiger partial charge in [-0.05, 0) is 60.4 Å². The van der Waals surface area contributed by atoms with E-state index in [1.54, 1.807) is 30.3 Å².